The molecule has 0 aromatic heterocycles. The third kappa shape index (κ3) is 1.89. The average molecular weight is 210 g/mol. The van der Waals surface area contributed by atoms with Gasteiger partial charge >= 0.3 is 0 Å². The Kier molecular flexibility index (Phi) is 2.75. The summed E-state index contributed by atoms with van der Waals surface area (Å²) in [5.74, 6) is 1.54. The van der Waals surface area contributed by atoms with Gasteiger partial charge in [0.2, 0.25) is 5.91 Å². The molecule has 15 heavy (non-hydrogen) atoms. The van der Waals surface area contributed by atoms with Crippen molar-refractivity contribution in [3.8, 4) is 0 Å². The number of amides is 1. The van der Waals surface area contributed by atoms with Gasteiger partial charge in [-0.2, -0.15) is 0 Å². The third-order valence-corrected chi connectivity index (χ3v) is 4.27. The topological polar surface area (TPSA) is 46.3 Å². The number of hydrogen-bond acceptors (Lipinski definition) is 2. The normalized spacial score (nSPS) is 41.5. The molecule has 1 unspecified atom stereocenters. The number of rotatable bonds is 3. The van der Waals surface area contributed by atoms with Crippen molar-refractivity contribution >= 4 is 5.91 Å². The summed E-state index contributed by atoms with van der Waals surface area (Å²) in [5.41, 5.74) is 5.14. The highest BCUT2D eigenvalue weighted by Gasteiger charge is 2.43. The first-order valence-corrected chi connectivity index (χ1v) is 6.07. The van der Waals surface area contributed by atoms with Crippen LogP contribution in [-0.2, 0) is 4.79 Å². The number of carbonyl (C=O) groups excluding carboxylic acids is 1. The van der Waals surface area contributed by atoms with E-state index in [1.165, 1.54) is 12.8 Å². The Morgan fingerprint density at radius 2 is 2.20 bits per heavy atom. The third-order valence-electron chi connectivity index (χ3n) is 4.27. The molecule has 86 valence electrons. The maximum atomic E-state index is 11.5. The van der Waals surface area contributed by atoms with Crippen LogP contribution in [0.1, 0.15) is 39.5 Å². The van der Waals surface area contributed by atoms with Crippen molar-refractivity contribution in [2.75, 3.05) is 13.1 Å². The van der Waals surface area contributed by atoms with Gasteiger partial charge in [-0.15, -0.1) is 0 Å². The standard InChI is InChI=1S/C12H22N2O/c1-9-6-10(7-9)8-14-5-3-4-12(14,2)11(13)15/h9-10H,3-8H2,1-2H3,(H2,13,15). The number of primary amides is 1. The molecule has 2 N–H and O–H groups in total. The molecule has 1 amide bonds. The van der Waals surface area contributed by atoms with Crippen molar-refractivity contribution in [1.29, 1.82) is 0 Å². The lowest BCUT2D eigenvalue weighted by Gasteiger charge is -2.40. The highest BCUT2D eigenvalue weighted by molar-refractivity contribution is 5.84. The van der Waals surface area contributed by atoms with Gasteiger partial charge in [0, 0.05) is 6.54 Å². The van der Waals surface area contributed by atoms with E-state index in [9.17, 15) is 4.79 Å². The SMILES string of the molecule is CC1CC(CN2CCCC2(C)C(N)=O)C1. The van der Waals surface area contributed by atoms with Gasteiger partial charge < -0.3 is 5.73 Å². The summed E-state index contributed by atoms with van der Waals surface area (Å²) < 4.78 is 0. The molecule has 1 atom stereocenters. The minimum atomic E-state index is -0.362. The van der Waals surface area contributed by atoms with E-state index in [1.54, 1.807) is 0 Å². The maximum absolute atomic E-state index is 11.5. The molecule has 1 saturated carbocycles. The Labute approximate surface area is 92.0 Å². The van der Waals surface area contributed by atoms with Crippen LogP contribution in [0.2, 0.25) is 0 Å². The molecule has 2 aliphatic rings. The molecule has 3 nitrogen and oxygen atoms in total. The summed E-state index contributed by atoms with van der Waals surface area (Å²) in [6.07, 6.45) is 4.70. The van der Waals surface area contributed by atoms with E-state index in [0.29, 0.717) is 0 Å². The first-order chi connectivity index (χ1) is 7.02. The summed E-state index contributed by atoms with van der Waals surface area (Å²) in [5, 5.41) is 0. The second kappa shape index (κ2) is 3.78. The highest BCUT2D eigenvalue weighted by Crippen LogP contribution is 2.37. The molecule has 0 aromatic carbocycles. The van der Waals surface area contributed by atoms with Crippen LogP contribution in [0, 0.1) is 11.8 Å². The molecule has 1 saturated heterocycles. The molecule has 0 spiro atoms. The van der Waals surface area contributed by atoms with E-state index in [-0.39, 0.29) is 11.4 Å². The summed E-state index contributed by atoms with van der Waals surface area (Å²) in [4.78, 5) is 13.8. The second-order valence-electron chi connectivity index (χ2n) is 5.63. The monoisotopic (exact) mass is 210 g/mol. The fourth-order valence-corrected chi connectivity index (χ4v) is 3.12. The van der Waals surface area contributed by atoms with Gasteiger partial charge in [0.05, 0.1) is 5.54 Å². The number of hydrogen-bond donors (Lipinski definition) is 1. The van der Waals surface area contributed by atoms with Crippen LogP contribution >= 0.6 is 0 Å². The van der Waals surface area contributed by atoms with E-state index >= 15 is 0 Å². The molecule has 1 heterocycles. The highest BCUT2D eigenvalue weighted by atomic mass is 16.1. The van der Waals surface area contributed by atoms with Gasteiger partial charge in [0.1, 0.15) is 0 Å². The maximum Gasteiger partial charge on any atom is 0.237 e. The molecule has 0 bridgehead atoms. The smallest absolute Gasteiger partial charge is 0.237 e. The zero-order chi connectivity index (χ0) is 11.1. The lowest BCUT2D eigenvalue weighted by Crippen LogP contribution is -2.53. The first kappa shape index (κ1) is 10.9. The largest absolute Gasteiger partial charge is 0.368 e. The summed E-state index contributed by atoms with van der Waals surface area (Å²) in [6, 6.07) is 0. The van der Waals surface area contributed by atoms with E-state index in [4.69, 9.17) is 5.73 Å². The Morgan fingerprint density at radius 1 is 1.53 bits per heavy atom. The minimum absolute atomic E-state index is 0.146. The fraction of sp³-hybridized carbons (Fsp3) is 0.917. The quantitative estimate of drug-likeness (QED) is 0.764. The Bertz CT molecular complexity index is 260. The lowest BCUT2D eigenvalue weighted by atomic mass is 9.75. The zero-order valence-corrected chi connectivity index (χ0v) is 9.83. The summed E-state index contributed by atoms with van der Waals surface area (Å²) >= 11 is 0. The van der Waals surface area contributed by atoms with Crippen LogP contribution in [0.4, 0.5) is 0 Å². The van der Waals surface area contributed by atoms with Crippen molar-refractivity contribution in [3.63, 3.8) is 0 Å². The molecule has 0 aromatic rings. The van der Waals surface area contributed by atoms with Gasteiger partial charge in [-0.3, -0.25) is 9.69 Å². The molecule has 1 aliphatic heterocycles. The molecule has 1 aliphatic carbocycles. The second-order valence-corrected chi connectivity index (χ2v) is 5.63. The molecule has 2 rings (SSSR count). The van der Waals surface area contributed by atoms with Gasteiger partial charge in [0.15, 0.2) is 0 Å². The van der Waals surface area contributed by atoms with Gasteiger partial charge in [-0.1, -0.05) is 6.92 Å². The van der Waals surface area contributed by atoms with Crippen molar-refractivity contribution in [3.05, 3.63) is 0 Å². The summed E-state index contributed by atoms with van der Waals surface area (Å²) in [7, 11) is 0. The predicted molar refractivity (Wildman–Crippen MR) is 60.3 cm³/mol. The average Bonchev–Trinajstić information content (AvgIpc) is 2.47. The van der Waals surface area contributed by atoms with Crippen LogP contribution < -0.4 is 5.73 Å². The van der Waals surface area contributed by atoms with E-state index in [0.717, 1.165) is 37.8 Å². The van der Waals surface area contributed by atoms with Crippen molar-refractivity contribution < 1.29 is 4.79 Å². The van der Waals surface area contributed by atoms with E-state index < -0.39 is 0 Å². The van der Waals surface area contributed by atoms with Crippen molar-refractivity contribution in [1.82, 2.24) is 4.90 Å². The van der Waals surface area contributed by atoms with E-state index in [1.807, 2.05) is 6.92 Å². The number of nitrogens with zero attached hydrogens (tertiary/aromatic N) is 1. The van der Waals surface area contributed by atoms with Crippen LogP contribution in [0.5, 0.6) is 0 Å². The van der Waals surface area contributed by atoms with Gasteiger partial charge in [-0.25, -0.2) is 0 Å². The summed E-state index contributed by atoms with van der Waals surface area (Å²) in [6.45, 7) is 6.42. The number of likely N-dealkylation sites (tertiary alicyclic amines) is 1. The van der Waals surface area contributed by atoms with Crippen molar-refractivity contribution in [2.24, 2.45) is 17.6 Å². The van der Waals surface area contributed by atoms with E-state index in [2.05, 4.69) is 11.8 Å². The van der Waals surface area contributed by atoms with Gasteiger partial charge in [-0.05, 0) is 51.0 Å². The molecule has 0 radical (unpaired) electrons. The van der Waals surface area contributed by atoms with Crippen LogP contribution in [-0.4, -0.2) is 29.4 Å². The van der Waals surface area contributed by atoms with Crippen LogP contribution in [0.15, 0.2) is 0 Å². The first-order valence-electron chi connectivity index (χ1n) is 6.07. The Hall–Kier alpha value is -0.570. The Balaban J connectivity index is 1.93. The zero-order valence-electron chi connectivity index (χ0n) is 9.83. The van der Waals surface area contributed by atoms with Crippen molar-refractivity contribution in [2.45, 2.75) is 45.1 Å². The molecular formula is C12H22N2O. The van der Waals surface area contributed by atoms with Crippen LogP contribution in [0.25, 0.3) is 0 Å². The number of nitrogens with two attached hydrogens (primary N) is 1. The number of carbonyl (C=O) groups is 1. The predicted octanol–water partition coefficient (Wildman–Crippen LogP) is 1.37. The molecule has 2 fully saturated rings. The molecule has 3 heteroatoms. The lowest BCUT2D eigenvalue weighted by molar-refractivity contribution is -0.128. The fourth-order valence-electron chi connectivity index (χ4n) is 3.12. The van der Waals surface area contributed by atoms with Crippen LogP contribution in [0.3, 0.4) is 0 Å². The van der Waals surface area contributed by atoms with Gasteiger partial charge in [0.25, 0.3) is 0 Å². The molecular weight excluding hydrogens is 188 g/mol. The minimum Gasteiger partial charge on any atom is -0.368 e. The Morgan fingerprint density at radius 3 is 2.73 bits per heavy atom.